The molecule has 22 heavy (non-hydrogen) atoms. The lowest BCUT2D eigenvalue weighted by atomic mass is 10.3. The molecule has 114 valence electrons. The van der Waals surface area contributed by atoms with E-state index in [9.17, 15) is 4.39 Å². The third kappa shape index (κ3) is 3.62. The van der Waals surface area contributed by atoms with Crippen LogP contribution >= 0.6 is 11.6 Å². The number of halogens is 2. The second-order valence-corrected chi connectivity index (χ2v) is 4.79. The summed E-state index contributed by atoms with van der Waals surface area (Å²) in [6.07, 6.45) is 5.00. The summed E-state index contributed by atoms with van der Waals surface area (Å²) in [6, 6.07) is 4.37. The predicted octanol–water partition coefficient (Wildman–Crippen LogP) is 2.75. The van der Waals surface area contributed by atoms with Crippen LogP contribution in [0.1, 0.15) is 6.92 Å². The maximum absolute atomic E-state index is 13.2. The van der Waals surface area contributed by atoms with E-state index in [-0.39, 0.29) is 5.02 Å². The SMILES string of the molecule is C=C(/C=c1/ncnc(Nc2ccc(F)c(Cl)c2)/c1=C/C)OC. The third-order valence-electron chi connectivity index (χ3n) is 2.95. The molecular weight excluding hydrogens is 305 g/mol. The van der Waals surface area contributed by atoms with Gasteiger partial charge in [0.15, 0.2) is 0 Å². The first kappa shape index (κ1) is 16.0. The first-order valence-electron chi connectivity index (χ1n) is 6.49. The summed E-state index contributed by atoms with van der Waals surface area (Å²) in [6.45, 7) is 5.62. The second kappa shape index (κ2) is 7.04. The van der Waals surface area contributed by atoms with Gasteiger partial charge in [-0.25, -0.2) is 14.4 Å². The third-order valence-corrected chi connectivity index (χ3v) is 3.24. The normalized spacial score (nSPS) is 12.4. The molecule has 0 aliphatic carbocycles. The zero-order chi connectivity index (χ0) is 16.1. The number of allylic oxidation sites excluding steroid dienone is 1. The molecule has 1 N–H and O–H groups in total. The van der Waals surface area contributed by atoms with Gasteiger partial charge in [0.1, 0.15) is 23.7 Å². The van der Waals surface area contributed by atoms with Crippen molar-refractivity contribution in [2.45, 2.75) is 6.92 Å². The summed E-state index contributed by atoms with van der Waals surface area (Å²) in [5.41, 5.74) is 0.629. The second-order valence-electron chi connectivity index (χ2n) is 4.38. The molecule has 0 aliphatic rings. The van der Waals surface area contributed by atoms with Crippen LogP contribution in [0.25, 0.3) is 12.2 Å². The van der Waals surface area contributed by atoms with Gasteiger partial charge in [0.05, 0.1) is 17.5 Å². The standard InChI is InChI=1S/C16H15ClFN3O/c1-4-12-15(7-10(2)22-3)19-9-20-16(12)21-11-5-6-14(18)13(17)8-11/h4-9H,2H2,1,3H3,(H,19,20,21)/b12-4+,15-7+. The lowest BCUT2D eigenvalue weighted by molar-refractivity contribution is 0.315. The number of rotatable bonds is 4. The van der Waals surface area contributed by atoms with Crippen molar-refractivity contribution in [2.24, 2.45) is 0 Å². The van der Waals surface area contributed by atoms with E-state index in [4.69, 9.17) is 16.3 Å². The van der Waals surface area contributed by atoms with Crippen LogP contribution < -0.4 is 15.9 Å². The van der Waals surface area contributed by atoms with Gasteiger partial charge in [0, 0.05) is 17.0 Å². The van der Waals surface area contributed by atoms with Gasteiger partial charge < -0.3 is 10.1 Å². The molecule has 1 aromatic carbocycles. The molecule has 0 spiro atoms. The zero-order valence-corrected chi connectivity index (χ0v) is 13.0. The Labute approximate surface area is 132 Å². The van der Waals surface area contributed by atoms with E-state index >= 15 is 0 Å². The van der Waals surface area contributed by atoms with Crippen LogP contribution in [0, 0.1) is 5.82 Å². The molecule has 0 fully saturated rings. The molecule has 0 unspecified atom stereocenters. The number of ether oxygens (including phenoxy) is 1. The fourth-order valence-electron chi connectivity index (χ4n) is 1.83. The summed E-state index contributed by atoms with van der Waals surface area (Å²) in [5.74, 6) is 0.593. The molecule has 1 heterocycles. The average Bonchev–Trinajstić information content (AvgIpc) is 2.51. The maximum Gasteiger partial charge on any atom is 0.141 e. The van der Waals surface area contributed by atoms with Crippen molar-refractivity contribution in [1.29, 1.82) is 0 Å². The molecule has 1 aromatic heterocycles. The first-order valence-corrected chi connectivity index (χ1v) is 6.87. The van der Waals surface area contributed by atoms with E-state index in [1.807, 2.05) is 13.0 Å². The van der Waals surface area contributed by atoms with Gasteiger partial charge in [0.2, 0.25) is 0 Å². The van der Waals surface area contributed by atoms with Gasteiger partial charge in [-0.3, -0.25) is 0 Å². The monoisotopic (exact) mass is 319 g/mol. The van der Waals surface area contributed by atoms with Gasteiger partial charge in [-0.05, 0) is 25.1 Å². The topological polar surface area (TPSA) is 47.0 Å². The van der Waals surface area contributed by atoms with Crippen LogP contribution in [0.3, 0.4) is 0 Å². The Morgan fingerprint density at radius 3 is 2.82 bits per heavy atom. The van der Waals surface area contributed by atoms with E-state index in [0.29, 0.717) is 22.6 Å². The fraction of sp³-hybridized carbons (Fsp3) is 0.125. The molecule has 0 atom stereocenters. The summed E-state index contributed by atoms with van der Waals surface area (Å²) < 4.78 is 18.2. The maximum atomic E-state index is 13.2. The van der Waals surface area contributed by atoms with Crippen molar-refractivity contribution < 1.29 is 9.13 Å². The predicted molar refractivity (Wildman–Crippen MR) is 86.7 cm³/mol. The minimum absolute atomic E-state index is 0.0423. The molecule has 0 bridgehead atoms. The Morgan fingerprint density at radius 2 is 2.18 bits per heavy atom. The summed E-state index contributed by atoms with van der Waals surface area (Å²) in [4.78, 5) is 8.42. The highest BCUT2D eigenvalue weighted by Crippen LogP contribution is 2.20. The van der Waals surface area contributed by atoms with Crippen molar-refractivity contribution >= 4 is 35.3 Å². The summed E-state index contributed by atoms with van der Waals surface area (Å²) in [7, 11) is 1.54. The number of aromatic nitrogens is 2. The Kier molecular flexibility index (Phi) is 5.12. The van der Waals surface area contributed by atoms with E-state index in [1.54, 1.807) is 12.1 Å². The smallest absolute Gasteiger partial charge is 0.141 e. The lowest BCUT2D eigenvalue weighted by Gasteiger charge is -2.07. The Morgan fingerprint density at radius 1 is 1.41 bits per heavy atom. The number of hydrogen-bond acceptors (Lipinski definition) is 4. The fourth-order valence-corrected chi connectivity index (χ4v) is 2.01. The molecule has 0 amide bonds. The number of anilines is 2. The largest absolute Gasteiger partial charge is 0.497 e. The van der Waals surface area contributed by atoms with Crippen molar-refractivity contribution in [3.63, 3.8) is 0 Å². The number of nitrogens with one attached hydrogen (secondary N) is 1. The highest BCUT2D eigenvalue weighted by Gasteiger charge is 2.04. The molecule has 0 radical (unpaired) electrons. The first-order chi connectivity index (χ1) is 10.5. The van der Waals surface area contributed by atoms with Crippen molar-refractivity contribution in [3.8, 4) is 0 Å². The van der Waals surface area contributed by atoms with Crippen molar-refractivity contribution in [3.05, 3.63) is 58.3 Å². The van der Waals surface area contributed by atoms with Gasteiger partial charge >= 0.3 is 0 Å². The molecule has 2 aromatic rings. The Balaban J connectivity index is 2.48. The van der Waals surface area contributed by atoms with Crippen LogP contribution in [0.4, 0.5) is 15.9 Å². The Bertz CT molecular complexity index is 821. The van der Waals surface area contributed by atoms with Gasteiger partial charge in [-0.2, -0.15) is 0 Å². The molecule has 0 saturated heterocycles. The van der Waals surface area contributed by atoms with E-state index in [0.717, 1.165) is 5.22 Å². The quantitative estimate of drug-likeness (QED) is 0.880. The average molecular weight is 320 g/mol. The number of benzene rings is 1. The highest BCUT2D eigenvalue weighted by atomic mass is 35.5. The molecule has 4 nitrogen and oxygen atoms in total. The lowest BCUT2D eigenvalue weighted by Crippen LogP contribution is -2.31. The van der Waals surface area contributed by atoms with Crippen LogP contribution in [0.15, 0.2) is 36.9 Å². The van der Waals surface area contributed by atoms with Gasteiger partial charge in [-0.15, -0.1) is 0 Å². The van der Waals surface area contributed by atoms with Crippen LogP contribution in [0.5, 0.6) is 0 Å². The van der Waals surface area contributed by atoms with Gasteiger partial charge in [-0.1, -0.05) is 24.3 Å². The van der Waals surface area contributed by atoms with Gasteiger partial charge in [0.25, 0.3) is 0 Å². The molecular formula is C16H15ClFN3O. The number of methoxy groups -OCH3 is 1. The number of hydrogen-bond donors (Lipinski definition) is 1. The van der Waals surface area contributed by atoms with E-state index < -0.39 is 5.82 Å². The van der Waals surface area contributed by atoms with E-state index in [1.165, 1.54) is 25.6 Å². The van der Waals surface area contributed by atoms with Crippen LogP contribution in [-0.2, 0) is 4.74 Å². The molecule has 0 aliphatic heterocycles. The zero-order valence-electron chi connectivity index (χ0n) is 12.2. The van der Waals surface area contributed by atoms with Crippen molar-refractivity contribution in [1.82, 2.24) is 9.97 Å². The summed E-state index contributed by atoms with van der Waals surface area (Å²) in [5, 5.41) is 4.59. The minimum atomic E-state index is -0.470. The molecule has 2 rings (SSSR count). The Hall–Kier alpha value is -2.40. The molecule has 0 saturated carbocycles. The molecule has 6 heteroatoms. The van der Waals surface area contributed by atoms with Crippen molar-refractivity contribution in [2.75, 3.05) is 12.4 Å². The summed E-state index contributed by atoms with van der Waals surface area (Å²) >= 11 is 5.78. The van der Waals surface area contributed by atoms with Crippen LogP contribution in [-0.4, -0.2) is 17.1 Å². The number of nitrogens with zero attached hydrogens (tertiary/aromatic N) is 2. The minimum Gasteiger partial charge on any atom is -0.497 e. The van der Waals surface area contributed by atoms with Crippen LogP contribution in [0.2, 0.25) is 5.02 Å². The van der Waals surface area contributed by atoms with E-state index in [2.05, 4.69) is 21.9 Å². The highest BCUT2D eigenvalue weighted by molar-refractivity contribution is 6.31.